The third-order valence-corrected chi connectivity index (χ3v) is 4.91. The lowest BCUT2D eigenvalue weighted by Gasteiger charge is -2.29. The number of benzene rings is 2. The molecule has 0 fully saturated rings. The van der Waals surface area contributed by atoms with Crippen molar-refractivity contribution in [3.05, 3.63) is 71.3 Å². The van der Waals surface area contributed by atoms with E-state index < -0.39 is 0 Å². The van der Waals surface area contributed by atoms with Crippen molar-refractivity contribution in [3.63, 3.8) is 0 Å². The van der Waals surface area contributed by atoms with Crippen molar-refractivity contribution >= 4 is 15.9 Å². The number of alkyl halides is 1. The van der Waals surface area contributed by atoms with Crippen LogP contribution in [0.1, 0.15) is 43.4 Å². The largest absolute Gasteiger partial charge is 0.365 e. The van der Waals surface area contributed by atoms with Crippen LogP contribution >= 0.6 is 15.9 Å². The summed E-state index contributed by atoms with van der Waals surface area (Å²) in [7, 11) is 0. The summed E-state index contributed by atoms with van der Waals surface area (Å²) in [6, 6.07) is 19.1. The summed E-state index contributed by atoms with van der Waals surface area (Å²) in [4.78, 5) is 0. The van der Waals surface area contributed by atoms with Gasteiger partial charge in [-0.05, 0) is 29.5 Å². The molecule has 0 aliphatic heterocycles. The Bertz CT molecular complexity index is 548. The highest BCUT2D eigenvalue weighted by Gasteiger charge is 2.26. The van der Waals surface area contributed by atoms with E-state index in [0.717, 1.165) is 5.33 Å². The Hall–Kier alpha value is -1.12. The molecule has 1 unspecified atom stereocenters. The van der Waals surface area contributed by atoms with Crippen LogP contribution in [0.2, 0.25) is 0 Å². The maximum absolute atomic E-state index is 6.20. The van der Waals surface area contributed by atoms with Gasteiger partial charge in [0.1, 0.15) is 5.60 Å². The lowest BCUT2D eigenvalue weighted by Crippen LogP contribution is -2.27. The highest BCUT2D eigenvalue weighted by molar-refractivity contribution is 9.09. The molecule has 0 heterocycles. The van der Waals surface area contributed by atoms with E-state index in [1.54, 1.807) is 0 Å². The van der Waals surface area contributed by atoms with Crippen LogP contribution in [0.15, 0.2) is 54.6 Å². The van der Waals surface area contributed by atoms with Gasteiger partial charge in [-0.2, -0.15) is 0 Å². The minimum Gasteiger partial charge on any atom is -0.365 e. The molecule has 0 radical (unpaired) electrons. The van der Waals surface area contributed by atoms with Crippen molar-refractivity contribution in [2.75, 3.05) is 5.33 Å². The molecule has 0 aliphatic carbocycles. The summed E-state index contributed by atoms with van der Waals surface area (Å²) >= 11 is 3.60. The van der Waals surface area contributed by atoms with E-state index in [2.05, 4.69) is 73.1 Å². The average molecular weight is 347 g/mol. The molecule has 2 aromatic carbocycles. The topological polar surface area (TPSA) is 9.23 Å². The molecule has 0 saturated heterocycles. The predicted octanol–water partition coefficient (Wildman–Crippen LogP) is 5.64. The van der Waals surface area contributed by atoms with Crippen molar-refractivity contribution in [2.24, 2.45) is 0 Å². The zero-order valence-corrected chi connectivity index (χ0v) is 14.6. The molecule has 21 heavy (non-hydrogen) atoms. The lowest BCUT2D eigenvalue weighted by molar-refractivity contribution is -0.0289. The van der Waals surface area contributed by atoms with Gasteiger partial charge < -0.3 is 4.74 Å². The molecule has 2 heteroatoms. The van der Waals surface area contributed by atoms with Crippen molar-refractivity contribution < 1.29 is 4.74 Å². The van der Waals surface area contributed by atoms with Crippen LogP contribution in [0.4, 0.5) is 0 Å². The second-order valence-electron chi connectivity index (χ2n) is 5.92. The first kappa shape index (κ1) is 16.3. The highest BCUT2D eigenvalue weighted by atomic mass is 79.9. The van der Waals surface area contributed by atoms with E-state index in [-0.39, 0.29) is 5.60 Å². The molecule has 0 spiro atoms. The Balaban J connectivity index is 2.12. The molecule has 1 nitrogen and oxygen atoms in total. The second kappa shape index (κ2) is 7.24. The Morgan fingerprint density at radius 2 is 1.62 bits per heavy atom. The normalized spacial score (nSPS) is 14.1. The van der Waals surface area contributed by atoms with Gasteiger partial charge in [0, 0.05) is 5.33 Å². The molecule has 0 aromatic heterocycles. The molecule has 2 aromatic rings. The Kier molecular flexibility index (Phi) is 5.60. The molecular weight excluding hydrogens is 324 g/mol. The lowest BCUT2D eigenvalue weighted by atomic mass is 9.94. The quantitative estimate of drug-likeness (QED) is 0.615. The van der Waals surface area contributed by atoms with Gasteiger partial charge in [0.25, 0.3) is 0 Å². The second-order valence-corrected chi connectivity index (χ2v) is 6.48. The molecular formula is C19H23BrO. The zero-order valence-electron chi connectivity index (χ0n) is 13.0. The molecule has 0 bridgehead atoms. The molecule has 0 aliphatic rings. The summed E-state index contributed by atoms with van der Waals surface area (Å²) in [5.74, 6) is 0.555. The standard InChI is InChI=1S/C19H23BrO/c1-15(2)17-9-11-18(12-10-17)19(3,14-20)21-13-16-7-5-4-6-8-16/h4-12,15H,13-14H2,1-3H3. The van der Waals surface area contributed by atoms with Crippen molar-refractivity contribution in [3.8, 4) is 0 Å². The smallest absolute Gasteiger partial charge is 0.100 e. The van der Waals surface area contributed by atoms with Crippen molar-refractivity contribution in [1.82, 2.24) is 0 Å². The number of hydrogen-bond acceptors (Lipinski definition) is 1. The summed E-state index contributed by atoms with van der Waals surface area (Å²) < 4.78 is 6.20. The first-order chi connectivity index (χ1) is 10.0. The fourth-order valence-electron chi connectivity index (χ4n) is 2.24. The van der Waals surface area contributed by atoms with E-state index in [1.807, 2.05) is 18.2 Å². The van der Waals surface area contributed by atoms with Crippen LogP contribution in [0.5, 0.6) is 0 Å². The van der Waals surface area contributed by atoms with Gasteiger partial charge in [-0.15, -0.1) is 0 Å². The van der Waals surface area contributed by atoms with E-state index >= 15 is 0 Å². The van der Waals surface area contributed by atoms with Crippen LogP contribution in [0, 0.1) is 0 Å². The van der Waals surface area contributed by atoms with Crippen LogP contribution in [0.3, 0.4) is 0 Å². The summed E-state index contributed by atoms with van der Waals surface area (Å²) in [5, 5.41) is 0.772. The third kappa shape index (κ3) is 4.18. The van der Waals surface area contributed by atoms with Crippen LogP contribution in [-0.2, 0) is 16.9 Å². The maximum Gasteiger partial charge on any atom is 0.100 e. The maximum atomic E-state index is 6.20. The van der Waals surface area contributed by atoms with Gasteiger partial charge in [-0.1, -0.05) is 84.4 Å². The Morgan fingerprint density at radius 3 is 2.14 bits per heavy atom. The molecule has 112 valence electrons. The number of ether oxygens (including phenoxy) is 1. The first-order valence-corrected chi connectivity index (χ1v) is 8.51. The number of hydrogen-bond donors (Lipinski definition) is 0. The van der Waals surface area contributed by atoms with E-state index in [4.69, 9.17) is 4.74 Å². The fourth-order valence-corrected chi connectivity index (χ4v) is 2.72. The van der Waals surface area contributed by atoms with Crippen molar-refractivity contribution in [1.29, 1.82) is 0 Å². The van der Waals surface area contributed by atoms with Crippen LogP contribution in [-0.4, -0.2) is 5.33 Å². The summed E-state index contributed by atoms with van der Waals surface area (Å²) in [6.45, 7) is 7.18. The molecule has 0 saturated carbocycles. The van der Waals surface area contributed by atoms with Gasteiger partial charge in [0.2, 0.25) is 0 Å². The molecule has 0 N–H and O–H groups in total. The van der Waals surface area contributed by atoms with Crippen LogP contribution < -0.4 is 0 Å². The Labute approximate surface area is 136 Å². The van der Waals surface area contributed by atoms with Gasteiger partial charge in [0.15, 0.2) is 0 Å². The van der Waals surface area contributed by atoms with Crippen molar-refractivity contribution in [2.45, 2.75) is 38.9 Å². The van der Waals surface area contributed by atoms with Crippen LogP contribution in [0.25, 0.3) is 0 Å². The van der Waals surface area contributed by atoms with Gasteiger partial charge in [-0.3, -0.25) is 0 Å². The zero-order chi connectivity index (χ0) is 15.3. The average Bonchev–Trinajstić information content (AvgIpc) is 2.53. The van der Waals surface area contributed by atoms with Gasteiger partial charge in [-0.25, -0.2) is 0 Å². The van der Waals surface area contributed by atoms with E-state index in [0.29, 0.717) is 12.5 Å². The highest BCUT2D eigenvalue weighted by Crippen LogP contribution is 2.30. The summed E-state index contributed by atoms with van der Waals surface area (Å²) in [6.07, 6.45) is 0. The number of rotatable bonds is 6. The first-order valence-electron chi connectivity index (χ1n) is 7.39. The molecule has 1 atom stereocenters. The Morgan fingerprint density at radius 1 is 1.00 bits per heavy atom. The predicted molar refractivity (Wildman–Crippen MR) is 92.9 cm³/mol. The molecule has 0 amide bonds. The third-order valence-electron chi connectivity index (χ3n) is 3.84. The van der Waals surface area contributed by atoms with E-state index in [1.165, 1.54) is 16.7 Å². The summed E-state index contributed by atoms with van der Waals surface area (Å²) in [5.41, 5.74) is 3.45. The SMILES string of the molecule is CC(C)c1ccc(C(C)(CBr)OCc2ccccc2)cc1. The minimum atomic E-state index is -0.314. The number of halogens is 1. The molecule has 2 rings (SSSR count). The van der Waals surface area contributed by atoms with Gasteiger partial charge >= 0.3 is 0 Å². The monoisotopic (exact) mass is 346 g/mol. The van der Waals surface area contributed by atoms with E-state index in [9.17, 15) is 0 Å². The fraction of sp³-hybridized carbons (Fsp3) is 0.368. The minimum absolute atomic E-state index is 0.314. The van der Waals surface area contributed by atoms with Gasteiger partial charge in [0.05, 0.1) is 6.61 Å².